The van der Waals surface area contributed by atoms with Gasteiger partial charge in [-0.15, -0.1) is 0 Å². The van der Waals surface area contributed by atoms with E-state index in [2.05, 4.69) is 0 Å². The van der Waals surface area contributed by atoms with Crippen LogP contribution in [0.1, 0.15) is 37.8 Å². The second kappa shape index (κ2) is 6.80. The number of nitrogens with two attached hydrogens (primary N) is 1. The van der Waals surface area contributed by atoms with E-state index in [1.165, 1.54) is 12.1 Å². The minimum Gasteiger partial charge on any atom is -0.399 e. The van der Waals surface area contributed by atoms with E-state index in [9.17, 15) is 13.2 Å². The highest BCUT2D eigenvalue weighted by Gasteiger charge is 2.33. The highest BCUT2D eigenvalue weighted by Crippen LogP contribution is 2.33. The van der Waals surface area contributed by atoms with Crippen LogP contribution < -0.4 is 5.73 Å². The molecule has 2 nitrogen and oxygen atoms in total. The fourth-order valence-electron chi connectivity index (χ4n) is 2.14. The molecule has 0 fully saturated rings. The van der Waals surface area contributed by atoms with Crippen LogP contribution in [0.3, 0.4) is 0 Å². The van der Waals surface area contributed by atoms with Crippen molar-refractivity contribution in [3.63, 3.8) is 0 Å². The van der Waals surface area contributed by atoms with Crippen LogP contribution in [0.25, 0.3) is 0 Å². The maximum Gasteiger partial charge on any atom is 0.416 e. The van der Waals surface area contributed by atoms with Gasteiger partial charge in [0.15, 0.2) is 0 Å². The lowest BCUT2D eigenvalue weighted by molar-refractivity contribution is -0.138. The molecule has 1 aromatic rings. The number of rotatable bonds is 6. The van der Waals surface area contributed by atoms with Crippen LogP contribution in [-0.4, -0.2) is 18.0 Å². The molecular formula is C14H21F3N2. The van der Waals surface area contributed by atoms with Crippen molar-refractivity contribution in [3.8, 4) is 0 Å². The lowest BCUT2D eigenvalue weighted by Crippen LogP contribution is -2.26. The van der Waals surface area contributed by atoms with Crippen molar-refractivity contribution in [2.24, 2.45) is 0 Å². The van der Waals surface area contributed by atoms with Crippen molar-refractivity contribution in [2.75, 3.05) is 18.8 Å². The summed E-state index contributed by atoms with van der Waals surface area (Å²) in [6.07, 6.45) is -2.50. The van der Waals surface area contributed by atoms with Crippen LogP contribution >= 0.6 is 0 Å². The van der Waals surface area contributed by atoms with Gasteiger partial charge < -0.3 is 5.73 Å². The summed E-state index contributed by atoms with van der Waals surface area (Å²) < 4.78 is 38.9. The Labute approximate surface area is 112 Å². The summed E-state index contributed by atoms with van der Waals surface area (Å²) in [4.78, 5) is 2.04. The zero-order valence-corrected chi connectivity index (χ0v) is 11.4. The molecule has 0 aliphatic carbocycles. The third-order valence-electron chi connectivity index (χ3n) is 2.91. The predicted octanol–water partition coefficient (Wildman–Crippen LogP) is 3.91. The van der Waals surface area contributed by atoms with E-state index in [-0.39, 0.29) is 5.69 Å². The SMILES string of the molecule is CCCN(CCC)Cc1ccc(N)cc1C(F)(F)F. The zero-order chi connectivity index (χ0) is 14.5. The van der Waals surface area contributed by atoms with Gasteiger partial charge in [0.05, 0.1) is 5.56 Å². The maximum absolute atomic E-state index is 13.0. The van der Waals surface area contributed by atoms with Gasteiger partial charge in [-0.05, 0) is 43.6 Å². The van der Waals surface area contributed by atoms with Gasteiger partial charge in [0.25, 0.3) is 0 Å². The van der Waals surface area contributed by atoms with Crippen molar-refractivity contribution in [3.05, 3.63) is 29.3 Å². The first-order valence-electron chi connectivity index (χ1n) is 6.56. The number of halogens is 3. The highest BCUT2D eigenvalue weighted by atomic mass is 19.4. The molecule has 0 aliphatic rings. The van der Waals surface area contributed by atoms with E-state index in [1.54, 1.807) is 0 Å². The third kappa shape index (κ3) is 4.74. The molecule has 0 saturated carbocycles. The van der Waals surface area contributed by atoms with Gasteiger partial charge in [0, 0.05) is 12.2 Å². The molecule has 0 unspecified atom stereocenters. The summed E-state index contributed by atoms with van der Waals surface area (Å²) >= 11 is 0. The lowest BCUT2D eigenvalue weighted by atomic mass is 10.1. The van der Waals surface area contributed by atoms with Gasteiger partial charge in [-0.1, -0.05) is 19.9 Å². The van der Waals surface area contributed by atoms with E-state index >= 15 is 0 Å². The molecule has 19 heavy (non-hydrogen) atoms. The lowest BCUT2D eigenvalue weighted by Gasteiger charge is -2.23. The smallest absolute Gasteiger partial charge is 0.399 e. The molecule has 2 N–H and O–H groups in total. The minimum absolute atomic E-state index is 0.147. The molecule has 0 atom stereocenters. The Morgan fingerprint density at radius 1 is 1.11 bits per heavy atom. The summed E-state index contributed by atoms with van der Waals surface area (Å²) in [5.41, 5.74) is 5.28. The quantitative estimate of drug-likeness (QED) is 0.797. The van der Waals surface area contributed by atoms with Crippen molar-refractivity contribution in [2.45, 2.75) is 39.4 Å². The normalized spacial score (nSPS) is 12.1. The number of anilines is 1. The second-order valence-corrected chi connectivity index (χ2v) is 4.69. The molecule has 108 valence electrons. The van der Waals surface area contributed by atoms with Gasteiger partial charge >= 0.3 is 6.18 Å². The fourth-order valence-corrected chi connectivity index (χ4v) is 2.14. The Balaban J connectivity index is 2.98. The molecule has 0 bridgehead atoms. The molecule has 0 saturated heterocycles. The van der Waals surface area contributed by atoms with Gasteiger partial charge in [-0.3, -0.25) is 4.90 Å². The molecule has 0 heterocycles. The third-order valence-corrected chi connectivity index (χ3v) is 2.91. The first-order chi connectivity index (χ1) is 8.88. The molecule has 0 aliphatic heterocycles. The Morgan fingerprint density at radius 2 is 1.68 bits per heavy atom. The van der Waals surface area contributed by atoms with E-state index in [4.69, 9.17) is 5.73 Å². The van der Waals surface area contributed by atoms with E-state index in [0.29, 0.717) is 12.1 Å². The average molecular weight is 274 g/mol. The second-order valence-electron chi connectivity index (χ2n) is 4.69. The summed E-state index contributed by atoms with van der Waals surface area (Å²) in [7, 11) is 0. The van der Waals surface area contributed by atoms with Crippen LogP contribution in [-0.2, 0) is 12.7 Å². The minimum atomic E-state index is -4.35. The van der Waals surface area contributed by atoms with E-state index in [0.717, 1.165) is 32.0 Å². The number of hydrogen-bond donors (Lipinski definition) is 1. The first kappa shape index (κ1) is 15.8. The summed E-state index contributed by atoms with van der Waals surface area (Å²) in [5.74, 6) is 0. The van der Waals surface area contributed by atoms with Gasteiger partial charge in [0.1, 0.15) is 0 Å². The van der Waals surface area contributed by atoms with Gasteiger partial charge in [-0.25, -0.2) is 0 Å². The van der Waals surface area contributed by atoms with Gasteiger partial charge in [-0.2, -0.15) is 13.2 Å². The Hall–Kier alpha value is -1.23. The largest absolute Gasteiger partial charge is 0.416 e. The maximum atomic E-state index is 13.0. The number of nitrogens with zero attached hydrogens (tertiary/aromatic N) is 1. The Bertz CT molecular complexity index is 396. The Morgan fingerprint density at radius 3 is 2.16 bits per heavy atom. The fraction of sp³-hybridized carbons (Fsp3) is 0.571. The standard InChI is InChI=1S/C14H21F3N2/c1-3-7-19(8-4-2)10-11-5-6-12(18)9-13(11)14(15,16)17/h5-6,9H,3-4,7-8,10,18H2,1-2H3. The van der Waals surface area contributed by atoms with Crippen LogP contribution in [0.15, 0.2) is 18.2 Å². The molecule has 1 aromatic carbocycles. The van der Waals surface area contributed by atoms with E-state index < -0.39 is 11.7 Å². The summed E-state index contributed by atoms with van der Waals surface area (Å²) in [6, 6.07) is 4.03. The van der Waals surface area contributed by atoms with Crippen molar-refractivity contribution >= 4 is 5.69 Å². The molecule has 5 heteroatoms. The number of nitrogen functional groups attached to an aromatic ring is 1. The van der Waals surface area contributed by atoms with E-state index in [1.807, 2.05) is 18.7 Å². The zero-order valence-electron chi connectivity index (χ0n) is 11.4. The molecular weight excluding hydrogens is 253 g/mol. The van der Waals surface area contributed by atoms with Crippen LogP contribution in [0.2, 0.25) is 0 Å². The number of benzene rings is 1. The first-order valence-corrected chi connectivity index (χ1v) is 6.56. The van der Waals surface area contributed by atoms with Crippen molar-refractivity contribution < 1.29 is 13.2 Å². The molecule has 0 spiro atoms. The molecule has 0 radical (unpaired) electrons. The van der Waals surface area contributed by atoms with Crippen LogP contribution in [0.4, 0.5) is 18.9 Å². The average Bonchev–Trinajstić information content (AvgIpc) is 2.31. The summed E-state index contributed by atoms with van der Waals surface area (Å²) in [6.45, 7) is 5.97. The molecule has 0 aromatic heterocycles. The number of hydrogen-bond acceptors (Lipinski definition) is 2. The van der Waals surface area contributed by atoms with Crippen LogP contribution in [0, 0.1) is 0 Å². The monoisotopic (exact) mass is 274 g/mol. The van der Waals surface area contributed by atoms with Gasteiger partial charge in [0.2, 0.25) is 0 Å². The molecule has 0 amide bonds. The van der Waals surface area contributed by atoms with Crippen LogP contribution in [0.5, 0.6) is 0 Å². The Kier molecular flexibility index (Phi) is 5.66. The highest BCUT2D eigenvalue weighted by molar-refractivity contribution is 5.46. The number of alkyl halides is 3. The van der Waals surface area contributed by atoms with Crippen molar-refractivity contribution in [1.29, 1.82) is 0 Å². The topological polar surface area (TPSA) is 29.3 Å². The predicted molar refractivity (Wildman–Crippen MR) is 71.7 cm³/mol. The summed E-state index contributed by atoms with van der Waals surface area (Å²) in [5, 5.41) is 0. The van der Waals surface area contributed by atoms with Crippen molar-refractivity contribution in [1.82, 2.24) is 4.90 Å². The molecule has 1 rings (SSSR count).